The van der Waals surface area contributed by atoms with Crippen LogP contribution in [0.2, 0.25) is 0 Å². The molecular weight excluding hydrogens is 438 g/mol. The zero-order chi connectivity index (χ0) is 24.3. The third-order valence-electron chi connectivity index (χ3n) is 7.32. The van der Waals surface area contributed by atoms with Gasteiger partial charge in [-0.3, -0.25) is 19.2 Å². The Morgan fingerprint density at radius 3 is 2.62 bits per heavy atom. The number of aromatic nitrogens is 1. The standard InChI is InChI=1S/C24H33N5O5/c1-16-14-20(34-27-16)22(32)28-12-9-24(10-13-28)8-4-3-7-19-18(6-5-11-29(19)17(2)30)26-21(31)15-25-23(24)33/h3-4,14,18-19H,5-13,15H2,1-2H3,(H,25,33)(H,26,31)/b4-3+/t18-,19-/m1/s1. The van der Waals surface area contributed by atoms with Crippen LogP contribution < -0.4 is 10.6 Å². The SMILES string of the molecule is CC(=O)N1CCC[C@H]2NC(=O)CNC(=O)C3(C/C=C/C[C@H]21)CCN(C(=O)c1cc(C)no1)CC3. The number of nitrogens with one attached hydrogen (secondary N) is 2. The second kappa shape index (κ2) is 9.99. The van der Waals surface area contributed by atoms with Crippen molar-refractivity contribution in [3.05, 3.63) is 29.7 Å². The number of nitrogens with zero attached hydrogens (tertiary/aromatic N) is 3. The van der Waals surface area contributed by atoms with Gasteiger partial charge in [0.1, 0.15) is 0 Å². The highest BCUT2D eigenvalue weighted by atomic mass is 16.5. The summed E-state index contributed by atoms with van der Waals surface area (Å²) < 4.78 is 5.11. The molecule has 3 aliphatic heterocycles. The summed E-state index contributed by atoms with van der Waals surface area (Å²) in [6.45, 7) is 4.73. The number of allylic oxidation sites excluding steroid dienone is 1. The van der Waals surface area contributed by atoms with Gasteiger partial charge < -0.3 is 25.0 Å². The smallest absolute Gasteiger partial charge is 0.292 e. The lowest BCUT2D eigenvalue weighted by Crippen LogP contribution is -2.58. The summed E-state index contributed by atoms with van der Waals surface area (Å²) in [5, 5.41) is 9.63. The van der Waals surface area contributed by atoms with Crippen LogP contribution in [0, 0.1) is 12.3 Å². The molecule has 0 unspecified atom stereocenters. The average molecular weight is 472 g/mol. The van der Waals surface area contributed by atoms with Crippen LogP contribution in [0.15, 0.2) is 22.7 Å². The quantitative estimate of drug-likeness (QED) is 0.593. The summed E-state index contributed by atoms with van der Waals surface area (Å²) in [5.74, 6) is -0.437. The summed E-state index contributed by atoms with van der Waals surface area (Å²) in [7, 11) is 0. The molecule has 10 nitrogen and oxygen atoms in total. The molecule has 1 spiro atoms. The van der Waals surface area contributed by atoms with E-state index in [-0.39, 0.29) is 48.0 Å². The molecule has 4 heterocycles. The molecule has 1 aromatic heterocycles. The summed E-state index contributed by atoms with van der Waals surface area (Å²) in [5.41, 5.74) is -0.0569. The van der Waals surface area contributed by atoms with E-state index in [9.17, 15) is 19.2 Å². The van der Waals surface area contributed by atoms with E-state index in [1.54, 1.807) is 24.8 Å². The molecule has 184 valence electrons. The van der Waals surface area contributed by atoms with E-state index in [0.717, 1.165) is 12.8 Å². The minimum Gasteiger partial charge on any atom is -0.351 e. The number of hydrogen-bond donors (Lipinski definition) is 2. The molecule has 10 heteroatoms. The third-order valence-corrected chi connectivity index (χ3v) is 7.32. The lowest BCUT2D eigenvalue weighted by atomic mass is 9.74. The largest absolute Gasteiger partial charge is 0.351 e. The Labute approximate surface area is 199 Å². The number of hydrogen-bond acceptors (Lipinski definition) is 6. The first-order valence-corrected chi connectivity index (χ1v) is 12.0. The molecule has 0 bridgehead atoms. The average Bonchev–Trinajstić information content (AvgIpc) is 3.26. The zero-order valence-corrected chi connectivity index (χ0v) is 19.8. The van der Waals surface area contributed by atoms with Crippen molar-refractivity contribution in [1.82, 2.24) is 25.6 Å². The summed E-state index contributed by atoms with van der Waals surface area (Å²) in [6.07, 6.45) is 7.79. The van der Waals surface area contributed by atoms with Crippen LogP contribution in [0.5, 0.6) is 0 Å². The van der Waals surface area contributed by atoms with Crippen molar-refractivity contribution in [2.75, 3.05) is 26.2 Å². The van der Waals surface area contributed by atoms with Gasteiger partial charge in [-0.25, -0.2) is 0 Å². The fourth-order valence-electron chi connectivity index (χ4n) is 5.34. The molecule has 2 N–H and O–H groups in total. The first-order valence-electron chi connectivity index (χ1n) is 12.0. The van der Waals surface area contributed by atoms with Crippen LogP contribution in [0.25, 0.3) is 0 Å². The van der Waals surface area contributed by atoms with Gasteiger partial charge in [0.2, 0.25) is 23.5 Å². The van der Waals surface area contributed by atoms with Gasteiger partial charge in [0.05, 0.1) is 23.7 Å². The topological polar surface area (TPSA) is 125 Å². The highest BCUT2D eigenvalue weighted by Crippen LogP contribution is 2.37. The van der Waals surface area contributed by atoms with Gasteiger partial charge in [0.15, 0.2) is 0 Å². The highest BCUT2D eigenvalue weighted by molar-refractivity contribution is 5.92. The zero-order valence-electron chi connectivity index (χ0n) is 19.8. The molecule has 0 radical (unpaired) electrons. The predicted octanol–water partition coefficient (Wildman–Crippen LogP) is 1.17. The Balaban J connectivity index is 1.48. The Morgan fingerprint density at radius 2 is 1.94 bits per heavy atom. The minimum absolute atomic E-state index is 0.00760. The number of likely N-dealkylation sites (tertiary alicyclic amines) is 2. The van der Waals surface area contributed by atoms with Crippen molar-refractivity contribution in [3.63, 3.8) is 0 Å². The Morgan fingerprint density at radius 1 is 1.18 bits per heavy atom. The Bertz CT molecular complexity index is 978. The van der Waals surface area contributed by atoms with Crippen molar-refractivity contribution in [2.24, 2.45) is 5.41 Å². The predicted molar refractivity (Wildman–Crippen MR) is 123 cm³/mol. The third kappa shape index (κ3) is 5.00. The van der Waals surface area contributed by atoms with Crippen molar-refractivity contribution < 1.29 is 23.7 Å². The summed E-state index contributed by atoms with van der Waals surface area (Å²) in [6, 6.07) is 1.39. The summed E-state index contributed by atoms with van der Waals surface area (Å²) >= 11 is 0. The Kier molecular flexibility index (Phi) is 7.04. The Hall–Kier alpha value is -3.17. The van der Waals surface area contributed by atoms with Gasteiger partial charge in [-0.2, -0.15) is 0 Å². The molecule has 0 aliphatic carbocycles. The normalized spacial score (nSPS) is 26.5. The first-order chi connectivity index (χ1) is 16.3. The van der Waals surface area contributed by atoms with Gasteiger partial charge in [-0.05, 0) is 45.4 Å². The molecule has 34 heavy (non-hydrogen) atoms. The molecular formula is C24H33N5O5. The van der Waals surface area contributed by atoms with E-state index in [1.807, 2.05) is 17.1 Å². The van der Waals surface area contributed by atoms with E-state index in [0.29, 0.717) is 51.0 Å². The number of fused-ring (bicyclic) bond motifs is 1. The molecule has 2 fully saturated rings. The number of amides is 4. The lowest BCUT2D eigenvalue weighted by molar-refractivity contribution is -0.136. The molecule has 0 saturated carbocycles. The highest BCUT2D eigenvalue weighted by Gasteiger charge is 2.42. The fourth-order valence-corrected chi connectivity index (χ4v) is 5.34. The molecule has 1 aromatic rings. The van der Waals surface area contributed by atoms with E-state index >= 15 is 0 Å². The van der Waals surface area contributed by atoms with Crippen LogP contribution in [0.4, 0.5) is 0 Å². The fraction of sp³-hybridized carbons (Fsp3) is 0.625. The van der Waals surface area contributed by atoms with E-state index in [4.69, 9.17) is 4.52 Å². The van der Waals surface area contributed by atoms with Gasteiger partial charge in [-0.15, -0.1) is 0 Å². The maximum atomic E-state index is 13.2. The van der Waals surface area contributed by atoms with Crippen molar-refractivity contribution >= 4 is 23.6 Å². The monoisotopic (exact) mass is 471 g/mol. The number of carbonyl (C=O) groups excluding carboxylic acids is 4. The van der Waals surface area contributed by atoms with Crippen LogP contribution >= 0.6 is 0 Å². The second-order valence-electron chi connectivity index (χ2n) is 9.59. The maximum absolute atomic E-state index is 13.2. The lowest BCUT2D eigenvalue weighted by Gasteiger charge is -2.42. The van der Waals surface area contributed by atoms with Crippen LogP contribution in [-0.2, 0) is 14.4 Å². The molecule has 4 rings (SSSR count). The molecule has 2 saturated heterocycles. The maximum Gasteiger partial charge on any atom is 0.292 e. The molecule has 0 aromatic carbocycles. The second-order valence-corrected chi connectivity index (χ2v) is 9.59. The molecule has 4 amide bonds. The van der Waals surface area contributed by atoms with E-state index in [2.05, 4.69) is 15.8 Å². The molecule has 2 atom stereocenters. The van der Waals surface area contributed by atoms with Crippen molar-refractivity contribution in [2.45, 2.75) is 64.5 Å². The van der Waals surface area contributed by atoms with Gasteiger partial charge in [0.25, 0.3) is 5.91 Å². The van der Waals surface area contributed by atoms with Gasteiger partial charge >= 0.3 is 0 Å². The van der Waals surface area contributed by atoms with E-state index in [1.165, 1.54) is 0 Å². The minimum atomic E-state index is -0.698. The summed E-state index contributed by atoms with van der Waals surface area (Å²) in [4.78, 5) is 54.3. The van der Waals surface area contributed by atoms with Crippen LogP contribution in [0.1, 0.15) is 61.7 Å². The molecule has 3 aliphatic rings. The van der Waals surface area contributed by atoms with Crippen LogP contribution in [0.3, 0.4) is 0 Å². The number of carbonyl (C=O) groups is 4. The number of aryl methyl sites for hydroxylation is 1. The van der Waals surface area contributed by atoms with Gasteiger partial charge in [-0.1, -0.05) is 17.3 Å². The van der Waals surface area contributed by atoms with Crippen LogP contribution in [-0.4, -0.2) is 76.8 Å². The van der Waals surface area contributed by atoms with Gasteiger partial charge in [0, 0.05) is 38.7 Å². The van der Waals surface area contributed by atoms with Crippen molar-refractivity contribution in [3.8, 4) is 0 Å². The first kappa shape index (κ1) is 24.0. The van der Waals surface area contributed by atoms with E-state index < -0.39 is 5.41 Å². The van der Waals surface area contributed by atoms with Crippen molar-refractivity contribution in [1.29, 1.82) is 0 Å². The number of rotatable bonds is 1. The number of piperidine rings is 2.